The van der Waals surface area contributed by atoms with E-state index in [1.807, 2.05) is 58.6 Å². The van der Waals surface area contributed by atoms with E-state index in [0.29, 0.717) is 67.9 Å². The van der Waals surface area contributed by atoms with Crippen LogP contribution in [0.2, 0.25) is 0 Å². The predicted molar refractivity (Wildman–Crippen MR) is 193 cm³/mol. The number of carbonyl (C=O) groups is 1. The van der Waals surface area contributed by atoms with Gasteiger partial charge in [0.05, 0.1) is 44.8 Å². The van der Waals surface area contributed by atoms with Gasteiger partial charge in [0.2, 0.25) is 5.91 Å². The van der Waals surface area contributed by atoms with E-state index in [1.54, 1.807) is 19.3 Å². The Morgan fingerprint density at radius 3 is 2.52 bits per heavy atom. The van der Waals surface area contributed by atoms with Crippen molar-refractivity contribution in [1.82, 2.24) is 9.88 Å². The Morgan fingerprint density at radius 2 is 1.94 bits per heavy atom. The lowest BCUT2D eigenvalue weighted by Crippen LogP contribution is -2.67. The number of nitrogens with one attached hydrogen (secondary N) is 1. The van der Waals surface area contributed by atoms with Crippen LogP contribution >= 0.6 is 0 Å². The van der Waals surface area contributed by atoms with Crippen molar-refractivity contribution in [1.29, 1.82) is 0 Å². The van der Waals surface area contributed by atoms with E-state index in [0.717, 1.165) is 44.1 Å². The van der Waals surface area contributed by atoms with E-state index in [9.17, 15) is 4.79 Å². The number of fused-ring (bicyclic) bond motifs is 1. The van der Waals surface area contributed by atoms with Crippen LogP contribution in [0, 0.1) is 12.3 Å². The molecule has 10 heteroatoms. The van der Waals surface area contributed by atoms with Crippen molar-refractivity contribution in [2.24, 2.45) is 16.1 Å². The topological polar surface area (TPSA) is 111 Å². The number of aliphatic imine (C=N–C) groups is 1. The van der Waals surface area contributed by atoms with Gasteiger partial charge in [-0.05, 0) is 65.5 Å². The molecule has 0 radical (unpaired) electrons. The van der Waals surface area contributed by atoms with E-state index < -0.39 is 0 Å². The van der Waals surface area contributed by atoms with Crippen molar-refractivity contribution in [2.75, 3.05) is 40.0 Å². The number of halogens is 1. The van der Waals surface area contributed by atoms with Gasteiger partial charge in [0.15, 0.2) is 17.3 Å². The van der Waals surface area contributed by atoms with Crippen molar-refractivity contribution in [3.05, 3.63) is 76.4 Å². The minimum Gasteiger partial charge on any atom is -0.497 e. The number of ether oxygens (including phenoxy) is 4. The highest BCUT2D eigenvalue weighted by atomic mass is 19.1. The smallest absolute Gasteiger partial charge is 0.222 e. The number of amides is 1. The molecule has 4 rings (SSSR count). The molecule has 1 aromatic rings. The first-order valence-corrected chi connectivity index (χ1v) is 17.2. The van der Waals surface area contributed by atoms with Crippen LogP contribution in [0.15, 0.2) is 64.4 Å². The summed E-state index contributed by atoms with van der Waals surface area (Å²) in [4.78, 5) is 22.0. The standard InChI is InChI=1S/C32H45FN4O5.C4H8.C2H6/c1-5-8-27(39-4)29(41-14-7-11-30(38)37-17-32(18-37)19-40-20-32)16-24(35-21-34)13-12-23(3)42-28-10-6-9-26-25(31(28)33)15-22(2)36-26;1-4(2)3;1-2/h6,10,15-16,21,23,36H,5,7-9,11-14,17-20H2,1-4H3,(H2,34,35);1H2,2-3H3;1-2H3/b24-16+,29-27-;;. The van der Waals surface area contributed by atoms with E-state index in [2.05, 4.69) is 23.5 Å². The van der Waals surface area contributed by atoms with Crippen LogP contribution in [-0.2, 0) is 30.2 Å². The second-order valence-corrected chi connectivity index (χ2v) is 12.7. The summed E-state index contributed by atoms with van der Waals surface area (Å²) < 4.78 is 38.4. The Balaban J connectivity index is 0.00000124. The zero-order valence-electron chi connectivity index (χ0n) is 30.5. The van der Waals surface area contributed by atoms with Gasteiger partial charge in [-0.1, -0.05) is 32.4 Å². The Morgan fingerprint density at radius 1 is 1.25 bits per heavy atom. The van der Waals surface area contributed by atoms with E-state index >= 15 is 4.39 Å². The molecule has 2 aliphatic heterocycles. The summed E-state index contributed by atoms with van der Waals surface area (Å²) in [5.74, 6) is 1.30. The predicted octanol–water partition coefficient (Wildman–Crippen LogP) is 8.05. The van der Waals surface area contributed by atoms with Crippen LogP contribution in [0.3, 0.4) is 0 Å². The first-order valence-electron chi connectivity index (χ1n) is 17.2. The van der Waals surface area contributed by atoms with Crippen molar-refractivity contribution < 1.29 is 28.1 Å². The van der Waals surface area contributed by atoms with Gasteiger partial charge >= 0.3 is 0 Å². The molecule has 1 amide bonds. The van der Waals surface area contributed by atoms with E-state index in [4.69, 9.17) is 24.7 Å². The molecule has 0 saturated carbocycles. The van der Waals surface area contributed by atoms with Crippen LogP contribution in [0.4, 0.5) is 4.39 Å². The van der Waals surface area contributed by atoms with Crippen molar-refractivity contribution in [3.63, 3.8) is 0 Å². The first kappa shape index (κ1) is 40.4. The van der Waals surface area contributed by atoms with Crippen molar-refractivity contribution in [2.45, 2.75) is 99.5 Å². The maximum absolute atomic E-state index is 15.3. The van der Waals surface area contributed by atoms with Crippen LogP contribution in [0.5, 0.6) is 0 Å². The van der Waals surface area contributed by atoms with Gasteiger partial charge in [0.25, 0.3) is 0 Å². The zero-order chi connectivity index (χ0) is 35.7. The van der Waals surface area contributed by atoms with E-state index in [-0.39, 0.29) is 29.0 Å². The second kappa shape index (κ2) is 20.5. The fourth-order valence-corrected chi connectivity index (χ4v) is 5.46. The Hall–Kier alpha value is -3.79. The third kappa shape index (κ3) is 12.3. The molecule has 3 aliphatic rings. The number of hydrogen-bond donors (Lipinski definition) is 2. The number of hydrogen-bond acceptors (Lipinski definition) is 6. The summed E-state index contributed by atoms with van der Waals surface area (Å²) >= 11 is 0. The average molecular weight is 671 g/mol. The molecule has 2 saturated heterocycles. The van der Waals surface area contributed by atoms with Crippen LogP contribution < -0.4 is 5.73 Å². The van der Waals surface area contributed by atoms with Crippen LogP contribution in [0.25, 0.3) is 5.83 Å². The van der Waals surface area contributed by atoms with Crippen molar-refractivity contribution in [3.8, 4) is 0 Å². The van der Waals surface area contributed by atoms with Gasteiger partial charge in [0.1, 0.15) is 5.76 Å². The molecule has 9 nitrogen and oxygen atoms in total. The molecule has 1 aromatic heterocycles. The van der Waals surface area contributed by atoms with Gasteiger partial charge in [0, 0.05) is 61.1 Å². The number of nitrogens with two attached hydrogens (primary N) is 1. The number of H-pyrrole nitrogens is 1. The van der Waals surface area contributed by atoms with Gasteiger partial charge in [-0.2, -0.15) is 0 Å². The minimum atomic E-state index is -0.363. The minimum absolute atomic E-state index is 0.151. The molecule has 48 heavy (non-hydrogen) atoms. The highest BCUT2D eigenvalue weighted by Crippen LogP contribution is 2.38. The summed E-state index contributed by atoms with van der Waals surface area (Å²) in [5.41, 5.74) is 10.0. The summed E-state index contributed by atoms with van der Waals surface area (Å²) in [6, 6.07) is 1.81. The highest BCUT2D eigenvalue weighted by Gasteiger charge is 2.50. The number of methoxy groups -OCH3 is 1. The number of carbonyl (C=O) groups excluding carboxylic acids is 1. The van der Waals surface area contributed by atoms with Gasteiger partial charge in [-0.15, -0.1) is 6.58 Å². The number of likely N-dealkylation sites (tertiary alicyclic amines) is 1. The number of rotatable bonds is 15. The van der Waals surface area contributed by atoms with E-state index in [1.165, 1.54) is 11.9 Å². The molecule has 3 heterocycles. The third-order valence-electron chi connectivity index (χ3n) is 7.76. The first-order chi connectivity index (χ1) is 23.0. The number of nitrogens with zero attached hydrogens (tertiary/aromatic N) is 2. The third-order valence-corrected chi connectivity index (χ3v) is 7.76. The average Bonchev–Trinajstić information content (AvgIpc) is 3.32. The molecule has 0 bridgehead atoms. The Labute approximate surface area is 287 Å². The lowest BCUT2D eigenvalue weighted by Gasteiger charge is -2.55. The summed E-state index contributed by atoms with van der Waals surface area (Å²) in [6.07, 6.45) is 10.7. The number of allylic oxidation sites excluding steroid dienone is 6. The zero-order valence-corrected chi connectivity index (χ0v) is 30.5. The molecule has 2 fully saturated rings. The molecule has 3 N–H and O–H groups in total. The fraction of sp³-hybridized carbons (Fsp3) is 0.579. The monoisotopic (exact) mass is 670 g/mol. The highest BCUT2D eigenvalue weighted by molar-refractivity contribution is 5.77. The van der Waals surface area contributed by atoms with Crippen LogP contribution in [0.1, 0.15) is 97.0 Å². The lowest BCUT2D eigenvalue weighted by molar-refractivity contribution is -0.195. The van der Waals surface area contributed by atoms with Crippen LogP contribution in [-0.4, -0.2) is 68.3 Å². The number of aryl methyl sites for hydroxylation is 1. The summed E-state index contributed by atoms with van der Waals surface area (Å²) in [5, 5.41) is 0. The van der Waals surface area contributed by atoms with Crippen molar-refractivity contribution >= 4 is 18.1 Å². The molecular formula is C38H59FN4O5. The molecule has 268 valence electrons. The molecular weight excluding hydrogens is 611 g/mol. The number of aromatic nitrogens is 1. The fourth-order valence-electron chi connectivity index (χ4n) is 5.46. The molecule has 1 aliphatic carbocycles. The molecule has 1 unspecified atom stereocenters. The van der Waals surface area contributed by atoms with Gasteiger partial charge in [-0.25, -0.2) is 9.38 Å². The molecule has 0 aromatic carbocycles. The molecule has 1 spiro atoms. The maximum atomic E-state index is 15.3. The maximum Gasteiger partial charge on any atom is 0.222 e. The summed E-state index contributed by atoms with van der Waals surface area (Å²) in [6.45, 7) is 20.9. The molecule has 1 atom stereocenters. The summed E-state index contributed by atoms with van der Waals surface area (Å²) in [7, 11) is 1.62. The lowest BCUT2D eigenvalue weighted by atomic mass is 9.78. The SMILES string of the molecule is C=C(C)C.CC.CCC/C(OC)=C(\C=C(/CCC(C)OC1=C(F)c2cc(C)[nH]c2CC=C1)N=CN)OCCCC(=O)N1CC2(COC2)C1. The van der Waals surface area contributed by atoms with Gasteiger partial charge < -0.3 is 34.6 Å². The van der Waals surface area contributed by atoms with Gasteiger partial charge in [-0.3, -0.25) is 4.79 Å². The quantitative estimate of drug-likeness (QED) is 0.0488. The normalized spacial score (nSPS) is 17.4. The number of aromatic amines is 1. The second-order valence-electron chi connectivity index (χ2n) is 12.7. The Bertz CT molecular complexity index is 1340. The Kier molecular flexibility index (Phi) is 17.3. The largest absolute Gasteiger partial charge is 0.497 e.